The molecule has 3 aromatic rings. The van der Waals surface area contributed by atoms with Crippen molar-refractivity contribution in [1.82, 2.24) is 14.8 Å². The van der Waals surface area contributed by atoms with Crippen molar-refractivity contribution >= 4 is 16.6 Å². The monoisotopic (exact) mass is 476 g/mol. The first kappa shape index (κ1) is 24.0. The highest BCUT2D eigenvalue weighted by Crippen LogP contribution is 2.40. The van der Waals surface area contributed by atoms with Crippen LogP contribution in [0.2, 0.25) is 0 Å². The number of likely N-dealkylation sites (N-methyl/N-ethyl adjacent to an activating group) is 1. The van der Waals surface area contributed by atoms with Crippen molar-refractivity contribution in [1.29, 1.82) is 0 Å². The number of ether oxygens (including phenoxy) is 2. The lowest BCUT2D eigenvalue weighted by molar-refractivity contribution is 0.0982. The standard InChI is InChI=1S/C29H40N4O2/c1-20(2)28-24-19-23(32-12-10-22(11-13-32)33-16-14-31(3)15-17-33)7-8-25(24)30-29(28)21-6-9-26(34-4)27(18-21)35-5/h6-9,18-20,22,30H,10-17H2,1-5H3. The van der Waals surface area contributed by atoms with Gasteiger partial charge in [0.05, 0.1) is 19.9 Å². The molecule has 2 aromatic carbocycles. The summed E-state index contributed by atoms with van der Waals surface area (Å²) in [6.45, 7) is 11.6. The summed E-state index contributed by atoms with van der Waals surface area (Å²) >= 11 is 0. The Morgan fingerprint density at radius 1 is 0.857 bits per heavy atom. The predicted octanol–water partition coefficient (Wildman–Crippen LogP) is 5.19. The molecular formula is C29H40N4O2. The minimum Gasteiger partial charge on any atom is -0.493 e. The summed E-state index contributed by atoms with van der Waals surface area (Å²) in [5.74, 6) is 1.90. The molecule has 2 fully saturated rings. The molecule has 1 N–H and O–H groups in total. The van der Waals surface area contributed by atoms with Gasteiger partial charge in [-0.2, -0.15) is 0 Å². The molecule has 3 heterocycles. The topological polar surface area (TPSA) is 44.0 Å². The van der Waals surface area contributed by atoms with Crippen LogP contribution in [0.4, 0.5) is 5.69 Å². The minimum atomic E-state index is 0.394. The van der Waals surface area contributed by atoms with E-state index in [0.717, 1.165) is 36.2 Å². The fourth-order valence-corrected chi connectivity index (χ4v) is 5.89. The van der Waals surface area contributed by atoms with E-state index in [1.165, 1.54) is 66.9 Å². The van der Waals surface area contributed by atoms with Crippen molar-refractivity contribution in [3.05, 3.63) is 42.0 Å². The zero-order valence-corrected chi connectivity index (χ0v) is 21.9. The summed E-state index contributed by atoms with van der Waals surface area (Å²) in [6, 6.07) is 13.9. The Hall–Kier alpha value is -2.70. The molecule has 0 radical (unpaired) electrons. The second kappa shape index (κ2) is 10.1. The Morgan fingerprint density at radius 2 is 1.57 bits per heavy atom. The molecule has 6 nitrogen and oxygen atoms in total. The summed E-state index contributed by atoms with van der Waals surface area (Å²) in [5, 5.41) is 1.32. The lowest BCUT2D eigenvalue weighted by atomic mass is 9.95. The summed E-state index contributed by atoms with van der Waals surface area (Å²) in [7, 11) is 5.60. The van der Waals surface area contributed by atoms with Crippen molar-refractivity contribution < 1.29 is 9.47 Å². The molecule has 188 valence electrons. The van der Waals surface area contributed by atoms with Crippen molar-refractivity contribution in [2.75, 3.05) is 65.4 Å². The molecule has 35 heavy (non-hydrogen) atoms. The number of hydrogen-bond donors (Lipinski definition) is 1. The van der Waals surface area contributed by atoms with Crippen molar-refractivity contribution in [2.45, 2.75) is 38.6 Å². The second-order valence-electron chi connectivity index (χ2n) is 10.4. The lowest BCUT2D eigenvalue weighted by Crippen LogP contribution is -2.52. The van der Waals surface area contributed by atoms with E-state index in [1.807, 2.05) is 6.07 Å². The molecule has 2 aliphatic rings. The number of piperidine rings is 1. The summed E-state index contributed by atoms with van der Waals surface area (Å²) in [6.07, 6.45) is 2.51. The Kier molecular flexibility index (Phi) is 6.94. The maximum Gasteiger partial charge on any atom is 0.161 e. The van der Waals surface area contributed by atoms with Gasteiger partial charge in [-0.05, 0) is 67.8 Å². The van der Waals surface area contributed by atoms with E-state index in [0.29, 0.717) is 5.92 Å². The molecule has 6 heteroatoms. The van der Waals surface area contributed by atoms with E-state index in [4.69, 9.17) is 9.47 Å². The number of methoxy groups -OCH3 is 2. The highest BCUT2D eigenvalue weighted by Gasteiger charge is 2.27. The predicted molar refractivity (Wildman–Crippen MR) is 145 cm³/mol. The molecule has 0 atom stereocenters. The Labute approximate surface area is 209 Å². The molecule has 2 saturated heterocycles. The number of aromatic nitrogens is 1. The number of nitrogens with zero attached hydrogens (tertiary/aromatic N) is 3. The number of fused-ring (bicyclic) bond motifs is 1. The third-order valence-corrected chi connectivity index (χ3v) is 7.96. The van der Waals surface area contributed by atoms with Crippen LogP contribution in [0.25, 0.3) is 22.2 Å². The van der Waals surface area contributed by atoms with Gasteiger partial charge in [-0.3, -0.25) is 4.90 Å². The van der Waals surface area contributed by atoms with E-state index < -0.39 is 0 Å². The molecule has 1 aromatic heterocycles. The van der Waals surface area contributed by atoms with Gasteiger partial charge in [0.1, 0.15) is 0 Å². The van der Waals surface area contributed by atoms with Crippen LogP contribution in [0.15, 0.2) is 36.4 Å². The summed E-state index contributed by atoms with van der Waals surface area (Å²) in [4.78, 5) is 11.5. The summed E-state index contributed by atoms with van der Waals surface area (Å²) < 4.78 is 11.0. The van der Waals surface area contributed by atoms with Gasteiger partial charge in [0.2, 0.25) is 0 Å². The first-order valence-electron chi connectivity index (χ1n) is 13.0. The highest BCUT2D eigenvalue weighted by atomic mass is 16.5. The van der Waals surface area contributed by atoms with Gasteiger partial charge in [-0.15, -0.1) is 0 Å². The van der Waals surface area contributed by atoms with Crippen molar-refractivity contribution in [2.24, 2.45) is 0 Å². The minimum absolute atomic E-state index is 0.394. The molecular weight excluding hydrogens is 436 g/mol. The van der Waals surface area contributed by atoms with Crippen LogP contribution in [0.3, 0.4) is 0 Å². The lowest BCUT2D eigenvalue weighted by Gasteiger charge is -2.42. The zero-order valence-electron chi connectivity index (χ0n) is 21.9. The Bertz CT molecular complexity index is 1150. The Balaban J connectivity index is 1.40. The maximum atomic E-state index is 5.58. The fourth-order valence-electron chi connectivity index (χ4n) is 5.89. The maximum absolute atomic E-state index is 5.58. The van der Waals surface area contributed by atoms with Crippen LogP contribution in [-0.2, 0) is 0 Å². The zero-order chi connectivity index (χ0) is 24.5. The van der Waals surface area contributed by atoms with Crippen LogP contribution in [0.1, 0.15) is 38.2 Å². The number of nitrogens with one attached hydrogen (secondary N) is 1. The van der Waals surface area contributed by atoms with Crippen LogP contribution < -0.4 is 14.4 Å². The smallest absolute Gasteiger partial charge is 0.161 e. The fraction of sp³-hybridized carbons (Fsp3) is 0.517. The third-order valence-electron chi connectivity index (χ3n) is 7.96. The number of H-pyrrole nitrogens is 1. The van der Waals surface area contributed by atoms with E-state index in [1.54, 1.807) is 14.2 Å². The molecule has 0 spiro atoms. The van der Waals surface area contributed by atoms with E-state index >= 15 is 0 Å². The molecule has 0 unspecified atom stereocenters. The number of hydrogen-bond acceptors (Lipinski definition) is 5. The number of piperazine rings is 1. The first-order chi connectivity index (χ1) is 17.0. The number of benzene rings is 2. The van der Waals surface area contributed by atoms with Crippen LogP contribution in [-0.4, -0.2) is 81.4 Å². The second-order valence-corrected chi connectivity index (χ2v) is 10.4. The van der Waals surface area contributed by atoms with E-state index in [9.17, 15) is 0 Å². The third kappa shape index (κ3) is 4.74. The number of anilines is 1. The number of rotatable bonds is 6. The Morgan fingerprint density at radius 3 is 2.23 bits per heavy atom. The molecule has 0 aliphatic carbocycles. The van der Waals surface area contributed by atoms with Gasteiger partial charge in [0.25, 0.3) is 0 Å². The van der Waals surface area contributed by atoms with Gasteiger partial charge < -0.3 is 24.3 Å². The van der Waals surface area contributed by atoms with Gasteiger partial charge in [-0.1, -0.05) is 13.8 Å². The average molecular weight is 477 g/mol. The first-order valence-corrected chi connectivity index (χ1v) is 13.0. The van der Waals surface area contributed by atoms with Crippen LogP contribution >= 0.6 is 0 Å². The van der Waals surface area contributed by atoms with Crippen LogP contribution in [0.5, 0.6) is 11.5 Å². The molecule has 5 rings (SSSR count). The van der Waals surface area contributed by atoms with E-state index in [2.05, 4.69) is 70.9 Å². The number of aromatic amines is 1. The molecule has 2 aliphatic heterocycles. The van der Waals surface area contributed by atoms with Gasteiger partial charge in [0.15, 0.2) is 11.5 Å². The SMILES string of the molecule is COc1ccc(-c2[nH]c3ccc(N4CCC(N5CCN(C)CC5)CC4)cc3c2C(C)C)cc1OC. The highest BCUT2D eigenvalue weighted by molar-refractivity contribution is 5.93. The normalized spacial score (nSPS) is 18.5. The van der Waals surface area contributed by atoms with Gasteiger partial charge in [-0.25, -0.2) is 0 Å². The summed E-state index contributed by atoms with van der Waals surface area (Å²) in [5.41, 5.74) is 6.18. The van der Waals surface area contributed by atoms with E-state index in [-0.39, 0.29) is 0 Å². The van der Waals surface area contributed by atoms with Crippen LogP contribution in [0, 0.1) is 0 Å². The molecule has 0 saturated carbocycles. The molecule has 0 bridgehead atoms. The largest absolute Gasteiger partial charge is 0.493 e. The average Bonchev–Trinajstić information content (AvgIpc) is 3.28. The van der Waals surface area contributed by atoms with Gasteiger partial charge in [0, 0.05) is 67.5 Å². The van der Waals surface area contributed by atoms with Crippen molar-refractivity contribution in [3.63, 3.8) is 0 Å². The van der Waals surface area contributed by atoms with Gasteiger partial charge >= 0.3 is 0 Å². The van der Waals surface area contributed by atoms with Crippen molar-refractivity contribution in [3.8, 4) is 22.8 Å². The molecule has 0 amide bonds. The quantitative estimate of drug-likeness (QED) is 0.530.